The zero-order valence-electron chi connectivity index (χ0n) is 12.2. The van der Waals surface area contributed by atoms with Crippen LogP contribution in [0.3, 0.4) is 0 Å². The van der Waals surface area contributed by atoms with Crippen molar-refractivity contribution in [3.8, 4) is 0 Å². The molecule has 0 radical (unpaired) electrons. The average Bonchev–Trinajstić information content (AvgIpc) is 2.84. The molecule has 124 valence electrons. The van der Waals surface area contributed by atoms with Gasteiger partial charge >= 0.3 is 0 Å². The lowest BCUT2D eigenvalue weighted by molar-refractivity contribution is -0.133. The van der Waals surface area contributed by atoms with Crippen molar-refractivity contribution in [2.45, 2.75) is 24.3 Å². The van der Waals surface area contributed by atoms with Crippen LogP contribution in [-0.2, 0) is 14.6 Å². The maximum Gasteiger partial charge on any atom is 0.226 e. The summed E-state index contributed by atoms with van der Waals surface area (Å²) < 4.78 is 37.3. The normalized spacial score (nSPS) is 19.6. The Kier molecular flexibility index (Phi) is 6.34. The molecule has 2 N–H and O–H groups in total. The van der Waals surface area contributed by atoms with Gasteiger partial charge in [-0.3, -0.25) is 4.79 Å². The average molecular weight is 351 g/mol. The molecule has 1 amide bonds. The van der Waals surface area contributed by atoms with Crippen molar-refractivity contribution in [3.63, 3.8) is 0 Å². The van der Waals surface area contributed by atoms with Crippen LogP contribution in [-0.4, -0.2) is 44.1 Å². The van der Waals surface area contributed by atoms with Gasteiger partial charge in [-0.2, -0.15) is 0 Å². The van der Waals surface area contributed by atoms with Gasteiger partial charge in [0.15, 0.2) is 9.84 Å². The molecule has 2 rings (SSSR count). The van der Waals surface area contributed by atoms with Gasteiger partial charge in [0.25, 0.3) is 0 Å². The lowest BCUT2D eigenvalue weighted by Gasteiger charge is -2.20. The van der Waals surface area contributed by atoms with E-state index in [1.807, 2.05) is 0 Å². The van der Waals surface area contributed by atoms with E-state index < -0.39 is 21.6 Å². The van der Waals surface area contributed by atoms with Crippen molar-refractivity contribution in [2.24, 2.45) is 11.7 Å². The van der Waals surface area contributed by atoms with Crippen molar-refractivity contribution in [3.05, 3.63) is 30.1 Å². The van der Waals surface area contributed by atoms with Crippen molar-refractivity contribution in [1.82, 2.24) is 4.90 Å². The maximum absolute atomic E-state index is 12.8. The number of rotatable bonds is 4. The molecule has 1 aromatic rings. The van der Waals surface area contributed by atoms with Crippen molar-refractivity contribution in [2.75, 3.05) is 18.8 Å². The first kappa shape index (κ1) is 18.9. The smallest absolute Gasteiger partial charge is 0.226 e. The number of nitrogens with zero attached hydrogens (tertiary/aromatic N) is 1. The van der Waals surface area contributed by atoms with E-state index in [0.717, 1.165) is 18.6 Å². The summed E-state index contributed by atoms with van der Waals surface area (Å²) in [5.41, 5.74) is 5.75. The monoisotopic (exact) mass is 350 g/mol. The second-order valence-corrected chi connectivity index (χ2v) is 7.50. The van der Waals surface area contributed by atoms with E-state index in [0.29, 0.717) is 13.1 Å². The van der Waals surface area contributed by atoms with Crippen LogP contribution in [0.2, 0.25) is 0 Å². The van der Waals surface area contributed by atoms with E-state index in [1.54, 1.807) is 11.8 Å². The number of hydrogen-bond acceptors (Lipinski definition) is 4. The van der Waals surface area contributed by atoms with Gasteiger partial charge < -0.3 is 10.6 Å². The Bertz CT molecular complexity index is 621. The lowest BCUT2D eigenvalue weighted by atomic mass is 10.2. The fourth-order valence-electron chi connectivity index (χ4n) is 2.44. The molecule has 22 heavy (non-hydrogen) atoms. The molecule has 8 heteroatoms. The highest BCUT2D eigenvalue weighted by molar-refractivity contribution is 7.91. The van der Waals surface area contributed by atoms with Gasteiger partial charge in [0, 0.05) is 25.0 Å². The fourth-order valence-corrected chi connectivity index (χ4v) is 3.98. The summed E-state index contributed by atoms with van der Waals surface area (Å²) >= 11 is 0. The molecule has 1 fully saturated rings. The Hall–Kier alpha value is -1.18. The SMILES string of the molecule is CC(CS(=O)(=O)c1ccc(F)cc1)C(=O)N1CCC(N)C1.Cl. The molecule has 0 aliphatic carbocycles. The van der Waals surface area contributed by atoms with Gasteiger partial charge in [0.2, 0.25) is 5.91 Å². The molecule has 5 nitrogen and oxygen atoms in total. The molecular formula is C14H20ClFN2O3S. The first-order valence-electron chi connectivity index (χ1n) is 6.82. The molecule has 1 aliphatic heterocycles. The number of benzene rings is 1. The number of carbonyl (C=O) groups excluding carboxylic acids is 1. The molecule has 0 aromatic heterocycles. The fraction of sp³-hybridized carbons (Fsp3) is 0.500. The quantitative estimate of drug-likeness (QED) is 0.828. The number of hydrogen-bond donors (Lipinski definition) is 1. The van der Waals surface area contributed by atoms with Crippen molar-refractivity contribution < 1.29 is 17.6 Å². The minimum absolute atomic E-state index is 0. The van der Waals surface area contributed by atoms with E-state index in [9.17, 15) is 17.6 Å². The van der Waals surface area contributed by atoms with E-state index in [-0.39, 0.29) is 35.0 Å². The van der Waals surface area contributed by atoms with Gasteiger partial charge in [-0.15, -0.1) is 12.4 Å². The second-order valence-electron chi connectivity index (χ2n) is 5.47. The highest BCUT2D eigenvalue weighted by atomic mass is 35.5. The molecule has 0 saturated carbocycles. The zero-order valence-corrected chi connectivity index (χ0v) is 13.9. The van der Waals surface area contributed by atoms with Gasteiger partial charge in [0.05, 0.1) is 10.6 Å². The minimum atomic E-state index is -3.61. The number of carbonyl (C=O) groups is 1. The van der Waals surface area contributed by atoms with Crippen LogP contribution in [0.5, 0.6) is 0 Å². The van der Waals surface area contributed by atoms with E-state index in [1.165, 1.54) is 12.1 Å². The predicted molar refractivity (Wildman–Crippen MR) is 84.0 cm³/mol. The maximum atomic E-state index is 12.8. The predicted octanol–water partition coefficient (Wildman–Crippen LogP) is 1.22. The van der Waals surface area contributed by atoms with Crippen LogP contribution in [0.4, 0.5) is 4.39 Å². The summed E-state index contributed by atoms with van der Waals surface area (Å²) in [6.07, 6.45) is 0.739. The van der Waals surface area contributed by atoms with Gasteiger partial charge in [-0.1, -0.05) is 6.92 Å². The zero-order chi connectivity index (χ0) is 15.6. The van der Waals surface area contributed by atoms with Crippen LogP contribution >= 0.6 is 12.4 Å². The van der Waals surface area contributed by atoms with Gasteiger partial charge in [-0.25, -0.2) is 12.8 Å². The third-order valence-electron chi connectivity index (χ3n) is 3.60. The summed E-state index contributed by atoms with van der Waals surface area (Å²) in [6.45, 7) is 2.63. The van der Waals surface area contributed by atoms with Crippen LogP contribution < -0.4 is 5.73 Å². The van der Waals surface area contributed by atoms with Crippen molar-refractivity contribution >= 4 is 28.2 Å². The first-order valence-corrected chi connectivity index (χ1v) is 8.47. The Morgan fingerprint density at radius 1 is 1.41 bits per heavy atom. The number of sulfone groups is 1. The number of likely N-dealkylation sites (tertiary alicyclic amines) is 1. The van der Waals surface area contributed by atoms with E-state index in [2.05, 4.69) is 0 Å². The summed E-state index contributed by atoms with van der Waals surface area (Å²) in [4.78, 5) is 13.8. The van der Waals surface area contributed by atoms with Gasteiger partial charge in [-0.05, 0) is 30.7 Å². The molecular weight excluding hydrogens is 331 g/mol. The van der Waals surface area contributed by atoms with Crippen LogP contribution in [0.15, 0.2) is 29.2 Å². The Labute approximate surface area is 136 Å². The van der Waals surface area contributed by atoms with Gasteiger partial charge in [0.1, 0.15) is 5.82 Å². The van der Waals surface area contributed by atoms with Crippen LogP contribution in [0.1, 0.15) is 13.3 Å². The summed E-state index contributed by atoms with van der Waals surface area (Å²) in [5, 5.41) is 0. The van der Waals surface area contributed by atoms with Crippen LogP contribution in [0, 0.1) is 11.7 Å². The highest BCUT2D eigenvalue weighted by Crippen LogP contribution is 2.18. The van der Waals surface area contributed by atoms with E-state index in [4.69, 9.17) is 5.73 Å². The van der Waals surface area contributed by atoms with Crippen molar-refractivity contribution in [1.29, 1.82) is 0 Å². The number of halogens is 2. The molecule has 0 spiro atoms. The highest BCUT2D eigenvalue weighted by Gasteiger charge is 2.30. The molecule has 1 aromatic carbocycles. The first-order chi connectivity index (χ1) is 9.79. The third kappa shape index (κ3) is 4.41. The topological polar surface area (TPSA) is 80.5 Å². The third-order valence-corrected chi connectivity index (χ3v) is 5.53. The number of amides is 1. The molecule has 1 aliphatic rings. The lowest BCUT2D eigenvalue weighted by Crippen LogP contribution is -2.37. The molecule has 1 heterocycles. The Morgan fingerprint density at radius 2 is 2.00 bits per heavy atom. The molecule has 2 atom stereocenters. The van der Waals surface area contributed by atoms with Crippen LogP contribution in [0.25, 0.3) is 0 Å². The second kappa shape index (κ2) is 7.39. The largest absolute Gasteiger partial charge is 0.341 e. The summed E-state index contributed by atoms with van der Waals surface area (Å²) in [5.74, 6) is -1.63. The van der Waals surface area contributed by atoms with E-state index >= 15 is 0 Å². The summed E-state index contributed by atoms with van der Waals surface area (Å²) in [7, 11) is -3.61. The minimum Gasteiger partial charge on any atom is -0.341 e. The summed E-state index contributed by atoms with van der Waals surface area (Å²) in [6, 6.07) is 4.59. The Morgan fingerprint density at radius 3 is 2.50 bits per heavy atom. The Balaban J connectivity index is 0.00000242. The number of nitrogens with two attached hydrogens (primary N) is 1. The molecule has 1 saturated heterocycles. The standard InChI is InChI=1S/C14H19FN2O3S.ClH/c1-10(14(18)17-7-6-12(16)8-17)9-21(19,20)13-4-2-11(15)3-5-13;/h2-5,10,12H,6-9,16H2,1H3;1H. The molecule has 0 bridgehead atoms. The molecule has 2 unspecified atom stereocenters.